The highest BCUT2D eigenvalue weighted by Gasteiger charge is 2.08. The SMILES string of the molecule is CCN=C(N)Nc1nc(-c2cccc(CN)n2)co1.Cl.Cl.Cl. The summed E-state index contributed by atoms with van der Waals surface area (Å²) in [6.07, 6.45) is 1.50. The highest BCUT2D eigenvalue weighted by atomic mass is 35.5. The zero-order valence-corrected chi connectivity index (χ0v) is 14.3. The fourth-order valence-corrected chi connectivity index (χ4v) is 1.50. The molecule has 0 aromatic carbocycles. The van der Waals surface area contributed by atoms with E-state index in [0.717, 1.165) is 5.69 Å². The summed E-state index contributed by atoms with van der Waals surface area (Å²) < 4.78 is 5.26. The molecular weight excluding hydrogens is 351 g/mol. The van der Waals surface area contributed by atoms with Gasteiger partial charge in [0.15, 0.2) is 5.96 Å². The maximum atomic E-state index is 5.62. The Balaban J connectivity index is 0. The van der Waals surface area contributed by atoms with Crippen molar-refractivity contribution >= 4 is 49.2 Å². The Morgan fingerprint density at radius 2 is 1.95 bits per heavy atom. The predicted molar refractivity (Wildman–Crippen MR) is 95.2 cm³/mol. The lowest BCUT2D eigenvalue weighted by atomic mass is 10.2. The van der Waals surface area contributed by atoms with Crippen LogP contribution in [0.4, 0.5) is 6.01 Å². The van der Waals surface area contributed by atoms with Gasteiger partial charge in [0.1, 0.15) is 12.0 Å². The number of nitrogens with one attached hydrogen (secondary N) is 1. The van der Waals surface area contributed by atoms with Crippen LogP contribution in [0.25, 0.3) is 11.4 Å². The van der Waals surface area contributed by atoms with E-state index in [1.165, 1.54) is 6.26 Å². The number of nitrogens with two attached hydrogens (primary N) is 2. The standard InChI is InChI=1S/C12H16N6O.3ClH/c1-2-15-11(14)18-12-17-10(7-19-12)9-5-3-4-8(6-13)16-9;;;/h3-5,7H,2,6,13H2,1H3,(H3,14,15,17,18);3*1H. The van der Waals surface area contributed by atoms with E-state index < -0.39 is 0 Å². The van der Waals surface area contributed by atoms with Crippen LogP contribution in [0.5, 0.6) is 0 Å². The molecule has 0 unspecified atom stereocenters. The molecule has 0 radical (unpaired) electrons. The number of rotatable bonds is 4. The molecule has 22 heavy (non-hydrogen) atoms. The van der Waals surface area contributed by atoms with E-state index in [-0.39, 0.29) is 49.2 Å². The van der Waals surface area contributed by atoms with Gasteiger partial charge in [0.05, 0.1) is 11.4 Å². The van der Waals surface area contributed by atoms with Gasteiger partial charge in [-0.15, -0.1) is 37.2 Å². The number of anilines is 1. The Bertz CT molecular complexity index is 590. The number of aromatic nitrogens is 2. The number of oxazole rings is 1. The third-order valence-corrected chi connectivity index (χ3v) is 2.35. The summed E-state index contributed by atoms with van der Waals surface area (Å²) in [5.74, 6) is 0.263. The van der Waals surface area contributed by atoms with Crippen LogP contribution in [0.3, 0.4) is 0 Å². The van der Waals surface area contributed by atoms with E-state index >= 15 is 0 Å². The largest absolute Gasteiger partial charge is 0.431 e. The predicted octanol–water partition coefficient (Wildman–Crippen LogP) is 2.21. The number of pyridine rings is 1. The first-order chi connectivity index (χ1) is 9.22. The van der Waals surface area contributed by atoms with Gasteiger partial charge in [-0.25, -0.2) is 4.98 Å². The second-order valence-corrected chi connectivity index (χ2v) is 3.74. The van der Waals surface area contributed by atoms with E-state index in [9.17, 15) is 0 Å². The molecule has 0 spiro atoms. The van der Waals surface area contributed by atoms with Crippen molar-refractivity contribution in [1.29, 1.82) is 0 Å². The van der Waals surface area contributed by atoms with E-state index in [1.54, 1.807) is 0 Å². The number of hydrogen-bond donors (Lipinski definition) is 3. The second kappa shape index (κ2) is 11.1. The first-order valence-corrected chi connectivity index (χ1v) is 5.91. The molecule has 2 aromatic rings. The van der Waals surface area contributed by atoms with Crippen LogP contribution in [-0.4, -0.2) is 22.5 Å². The average molecular weight is 370 g/mol. The normalized spacial score (nSPS) is 10.0. The molecule has 2 rings (SSSR count). The molecule has 0 bridgehead atoms. The smallest absolute Gasteiger partial charge is 0.302 e. The topological polar surface area (TPSA) is 115 Å². The van der Waals surface area contributed by atoms with E-state index in [1.807, 2.05) is 25.1 Å². The monoisotopic (exact) mass is 368 g/mol. The molecule has 0 saturated heterocycles. The molecule has 0 aliphatic rings. The van der Waals surface area contributed by atoms with Crippen molar-refractivity contribution in [3.63, 3.8) is 0 Å². The summed E-state index contributed by atoms with van der Waals surface area (Å²) in [7, 11) is 0. The first-order valence-electron chi connectivity index (χ1n) is 5.91. The molecule has 0 fully saturated rings. The van der Waals surface area contributed by atoms with Gasteiger partial charge in [-0.3, -0.25) is 10.3 Å². The number of halogens is 3. The fourth-order valence-electron chi connectivity index (χ4n) is 1.50. The van der Waals surface area contributed by atoms with E-state index in [2.05, 4.69) is 20.3 Å². The van der Waals surface area contributed by atoms with Crippen LogP contribution in [0.15, 0.2) is 33.9 Å². The number of hydrogen-bond acceptors (Lipinski definition) is 5. The lowest BCUT2D eigenvalue weighted by Gasteiger charge is -1.99. The molecule has 2 aromatic heterocycles. The van der Waals surface area contributed by atoms with Gasteiger partial charge < -0.3 is 15.9 Å². The number of aliphatic imine (C=N–C) groups is 1. The lowest BCUT2D eigenvalue weighted by molar-refractivity contribution is 0.579. The van der Waals surface area contributed by atoms with Crippen molar-refractivity contribution in [2.45, 2.75) is 13.5 Å². The van der Waals surface area contributed by atoms with Gasteiger partial charge in [0.25, 0.3) is 0 Å². The van der Waals surface area contributed by atoms with Gasteiger partial charge >= 0.3 is 6.01 Å². The van der Waals surface area contributed by atoms with Crippen molar-refractivity contribution < 1.29 is 4.42 Å². The molecule has 5 N–H and O–H groups in total. The Hall–Kier alpha value is -1.54. The molecule has 0 amide bonds. The Morgan fingerprint density at radius 1 is 1.23 bits per heavy atom. The molecule has 0 atom stereocenters. The lowest BCUT2D eigenvalue weighted by Crippen LogP contribution is -2.22. The van der Waals surface area contributed by atoms with Crippen molar-refractivity contribution in [2.75, 3.05) is 11.9 Å². The van der Waals surface area contributed by atoms with Crippen LogP contribution in [0.1, 0.15) is 12.6 Å². The molecule has 7 nitrogen and oxygen atoms in total. The Kier molecular flexibility index (Phi) is 11.5. The van der Waals surface area contributed by atoms with Crippen molar-refractivity contribution in [1.82, 2.24) is 9.97 Å². The minimum Gasteiger partial charge on any atom is -0.431 e. The molecule has 124 valence electrons. The van der Waals surface area contributed by atoms with Gasteiger partial charge in [-0.05, 0) is 19.1 Å². The molecule has 2 heterocycles. The molecule has 0 aliphatic carbocycles. The Morgan fingerprint density at radius 3 is 2.59 bits per heavy atom. The zero-order valence-electron chi connectivity index (χ0n) is 11.9. The maximum Gasteiger partial charge on any atom is 0.302 e. The minimum absolute atomic E-state index is 0. The van der Waals surface area contributed by atoms with Crippen LogP contribution in [-0.2, 0) is 6.54 Å². The molecule has 0 aliphatic heterocycles. The fraction of sp³-hybridized carbons (Fsp3) is 0.250. The highest BCUT2D eigenvalue weighted by Crippen LogP contribution is 2.18. The highest BCUT2D eigenvalue weighted by molar-refractivity contribution is 5.90. The van der Waals surface area contributed by atoms with Gasteiger partial charge in [-0.1, -0.05) is 6.07 Å². The molecule has 10 heteroatoms. The van der Waals surface area contributed by atoms with Crippen LogP contribution < -0.4 is 16.8 Å². The third-order valence-electron chi connectivity index (χ3n) is 2.35. The average Bonchev–Trinajstić information content (AvgIpc) is 2.87. The maximum absolute atomic E-state index is 5.62. The van der Waals surface area contributed by atoms with Crippen molar-refractivity contribution in [3.8, 4) is 11.4 Å². The summed E-state index contributed by atoms with van der Waals surface area (Å²) in [5, 5.41) is 2.76. The van der Waals surface area contributed by atoms with Crippen LogP contribution in [0, 0.1) is 0 Å². The zero-order chi connectivity index (χ0) is 13.7. The first kappa shape index (κ1) is 22.7. The Labute approximate surface area is 147 Å². The van der Waals surface area contributed by atoms with Crippen molar-refractivity contribution in [2.24, 2.45) is 16.5 Å². The summed E-state index contributed by atoms with van der Waals surface area (Å²) >= 11 is 0. The van der Waals surface area contributed by atoms with Crippen molar-refractivity contribution in [3.05, 3.63) is 30.2 Å². The van der Waals surface area contributed by atoms with E-state index in [0.29, 0.717) is 24.5 Å². The van der Waals surface area contributed by atoms with E-state index in [4.69, 9.17) is 15.9 Å². The third kappa shape index (κ3) is 6.07. The second-order valence-electron chi connectivity index (χ2n) is 3.74. The van der Waals surface area contributed by atoms with Gasteiger partial charge in [0, 0.05) is 13.1 Å². The van der Waals surface area contributed by atoms with Gasteiger partial charge in [-0.2, -0.15) is 4.98 Å². The quantitative estimate of drug-likeness (QED) is 0.562. The van der Waals surface area contributed by atoms with Gasteiger partial charge in [0.2, 0.25) is 0 Å². The molecule has 0 saturated carbocycles. The summed E-state index contributed by atoms with van der Waals surface area (Å²) in [5.41, 5.74) is 13.3. The summed E-state index contributed by atoms with van der Waals surface area (Å²) in [4.78, 5) is 12.6. The summed E-state index contributed by atoms with van der Waals surface area (Å²) in [6.45, 7) is 2.86. The number of nitrogens with zero attached hydrogens (tertiary/aromatic N) is 3. The van der Waals surface area contributed by atoms with Crippen LogP contribution in [0.2, 0.25) is 0 Å². The summed E-state index contributed by atoms with van der Waals surface area (Å²) in [6, 6.07) is 5.85. The molecular formula is C12H19Cl3N6O. The van der Waals surface area contributed by atoms with Crippen LogP contribution >= 0.6 is 37.2 Å². The number of guanidine groups is 1. The minimum atomic E-state index is 0.